The van der Waals surface area contributed by atoms with Gasteiger partial charge in [-0.25, -0.2) is 0 Å². The quantitative estimate of drug-likeness (QED) is 0.873. The van der Waals surface area contributed by atoms with Gasteiger partial charge in [0.2, 0.25) is 0 Å². The summed E-state index contributed by atoms with van der Waals surface area (Å²) < 4.78 is 6.53. The van der Waals surface area contributed by atoms with E-state index in [2.05, 4.69) is 21.2 Å². The lowest BCUT2D eigenvalue weighted by Crippen LogP contribution is -2.45. The topological polar surface area (TPSA) is 64.3 Å². The molecule has 0 aliphatic rings. The minimum atomic E-state index is -0.440. The molecule has 0 atom stereocenters. The maximum Gasteiger partial charge on any atom is 0.255 e. The molecule has 1 rings (SSSR count). The van der Waals surface area contributed by atoms with Gasteiger partial charge in [0.25, 0.3) is 5.91 Å². The third-order valence-corrected chi connectivity index (χ3v) is 2.75. The van der Waals surface area contributed by atoms with Gasteiger partial charge in [0.05, 0.1) is 11.7 Å². The van der Waals surface area contributed by atoms with Crippen molar-refractivity contribution in [2.75, 3.05) is 6.54 Å². The lowest BCUT2D eigenvalue weighted by atomic mass is 10.1. The summed E-state index contributed by atoms with van der Waals surface area (Å²) in [5.74, 6) is 0.387. The molecule has 0 fully saturated rings. The Kier molecular flexibility index (Phi) is 5.38. The van der Waals surface area contributed by atoms with Gasteiger partial charge in [0.1, 0.15) is 5.75 Å². The number of ether oxygens (including phenoxy) is 1. The monoisotopic (exact) mass is 328 g/mol. The fourth-order valence-electron chi connectivity index (χ4n) is 1.44. The number of benzene rings is 1. The molecular formula is C14H21BrN2O2. The van der Waals surface area contributed by atoms with Crippen LogP contribution in [0.2, 0.25) is 0 Å². The molecule has 1 aromatic rings. The first-order valence-corrected chi connectivity index (χ1v) is 7.01. The Bertz CT molecular complexity index is 453. The van der Waals surface area contributed by atoms with Crippen molar-refractivity contribution in [2.24, 2.45) is 5.73 Å². The minimum Gasteiger partial charge on any atom is -0.490 e. The highest BCUT2D eigenvalue weighted by molar-refractivity contribution is 9.10. The van der Waals surface area contributed by atoms with Gasteiger partial charge in [-0.2, -0.15) is 0 Å². The van der Waals surface area contributed by atoms with Crippen molar-refractivity contribution >= 4 is 21.8 Å². The first-order valence-electron chi connectivity index (χ1n) is 6.22. The fourth-order valence-corrected chi connectivity index (χ4v) is 1.78. The van der Waals surface area contributed by atoms with Crippen molar-refractivity contribution in [1.29, 1.82) is 0 Å². The van der Waals surface area contributed by atoms with Crippen molar-refractivity contribution in [1.82, 2.24) is 5.32 Å². The molecule has 3 N–H and O–H groups in total. The number of hydrogen-bond acceptors (Lipinski definition) is 3. The van der Waals surface area contributed by atoms with Crippen molar-refractivity contribution < 1.29 is 9.53 Å². The number of nitrogens with two attached hydrogens (primary N) is 1. The zero-order chi connectivity index (χ0) is 14.6. The highest BCUT2D eigenvalue weighted by Gasteiger charge is 2.17. The van der Waals surface area contributed by atoms with Crippen molar-refractivity contribution in [2.45, 2.75) is 39.3 Å². The summed E-state index contributed by atoms with van der Waals surface area (Å²) in [6.07, 6.45) is 0.00630. The second kappa shape index (κ2) is 6.39. The molecule has 0 saturated heterocycles. The Hall–Kier alpha value is -1.07. The van der Waals surface area contributed by atoms with Gasteiger partial charge in [-0.15, -0.1) is 0 Å². The van der Waals surface area contributed by atoms with Gasteiger partial charge in [0, 0.05) is 16.6 Å². The van der Waals surface area contributed by atoms with Crippen molar-refractivity contribution in [3.05, 3.63) is 28.2 Å². The summed E-state index contributed by atoms with van der Waals surface area (Å²) in [6.45, 7) is 7.97. The van der Waals surface area contributed by atoms with Gasteiger partial charge >= 0.3 is 0 Å². The summed E-state index contributed by atoms with van der Waals surface area (Å²) in [5.41, 5.74) is 5.93. The lowest BCUT2D eigenvalue weighted by Gasteiger charge is -2.20. The fraction of sp³-hybridized carbons (Fsp3) is 0.500. The van der Waals surface area contributed by atoms with Gasteiger partial charge in [-0.1, -0.05) is 15.9 Å². The molecule has 0 aromatic heterocycles. The van der Waals surface area contributed by atoms with Crippen LogP contribution < -0.4 is 15.8 Å². The first-order chi connectivity index (χ1) is 8.69. The number of halogens is 1. The van der Waals surface area contributed by atoms with Crippen LogP contribution in [0.4, 0.5) is 0 Å². The Balaban J connectivity index is 2.89. The Morgan fingerprint density at radius 3 is 2.63 bits per heavy atom. The van der Waals surface area contributed by atoms with E-state index in [0.29, 0.717) is 17.9 Å². The smallest absolute Gasteiger partial charge is 0.255 e. The molecule has 4 nitrogen and oxygen atoms in total. The van der Waals surface area contributed by atoms with Crippen LogP contribution in [-0.2, 0) is 0 Å². The molecule has 106 valence electrons. The van der Waals surface area contributed by atoms with Crippen molar-refractivity contribution in [3.8, 4) is 5.75 Å². The standard InChI is InChI=1S/C14H21BrN2O2/c1-9(2)19-12-7-10(15)5-6-11(12)13(18)17-8-14(3,4)16/h5-7,9H,8,16H2,1-4H3,(H,17,18). The number of carbonyl (C=O) groups excluding carboxylic acids is 1. The van der Waals surface area contributed by atoms with Gasteiger partial charge in [-0.3, -0.25) is 4.79 Å². The predicted octanol–water partition coefficient (Wildman–Crippen LogP) is 2.70. The Morgan fingerprint density at radius 2 is 2.11 bits per heavy atom. The molecular weight excluding hydrogens is 308 g/mol. The maximum atomic E-state index is 12.1. The van der Waals surface area contributed by atoms with E-state index in [4.69, 9.17) is 10.5 Å². The average Bonchev–Trinajstić information content (AvgIpc) is 2.24. The van der Waals surface area contributed by atoms with E-state index in [-0.39, 0.29) is 12.0 Å². The van der Waals surface area contributed by atoms with Crippen LogP contribution >= 0.6 is 15.9 Å². The SMILES string of the molecule is CC(C)Oc1cc(Br)ccc1C(=O)NCC(C)(C)N. The van der Waals surface area contributed by atoms with Crippen LogP contribution in [0, 0.1) is 0 Å². The summed E-state index contributed by atoms with van der Waals surface area (Å²) in [4.78, 5) is 12.1. The number of rotatable bonds is 5. The van der Waals surface area contributed by atoms with Crippen LogP contribution in [0.3, 0.4) is 0 Å². The van der Waals surface area contributed by atoms with Crippen LogP contribution in [0.15, 0.2) is 22.7 Å². The molecule has 0 aliphatic carbocycles. The molecule has 0 heterocycles. The molecule has 1 amide bonds. The second-order valence-electron chi connectivity index (χ2n) is 5.48. The van der Waals surface area contributed by atoms with E-state index in [1.54, 1.807) is 12.1 Å². The van der Waals surface area contributed by atoms with E-state index in [0.717, 1.165) is 4.47 Å². The minimum absolute atomic E-state index is 0.00630. The molecule has 0 unspecified atom stereocenters. The average molecular weight is 329 g/mol. The molecule has 1 aromatic carbocycles. The Morgan fingerprint density at radius 1 is 1.47 bits per heavy atom. The van der Waals surface area contributed by atoms with E-state index >= 15 is 0 Å². The van der Waals surface area contributed by atoms with Gasteiger partial charge in [0.15, 0.2) is 0 Å². The summed E-state index contributed by atoms with van der Waals surface area (Å²) in [7, 11) is 0. The van der Waals surface area contributed by atoms with Crippen LogP contribution in [0.25, 0.3) is 0 Å². The van der Waals surface area contributed by atoms with Crippen LogP contribution in [0.1, 0.15) is 38.1 Å². The molecule has 0 radical (unpaired) electrons. The second-order valence-corrected chi connectivity index (χ2v) is 6.39. The largest absolute Gasteiger partial charge is 0.490 e. The molecule has 0 aliphatic heterocycles. The molecule has 19 heavy (non-hydrogen) atoms. The van der Waals surface area contributed by atoms with Gasteiger partial charge in [-0.05, 0) is 45.9 Å². The summed E-state index contributed by atoms with van der Waals surface area (Å²) in [6, 6.07) is 5.35. The number of nitrogens with one attached hydrogen (secondary N) is 1. The van der Waals surface area contributed by atoms with Crippen LogP contribution in [-0.4, -0.2) is 24.1 Å². The van der Waals surface area contributed by atoms with E-state index < -0.39 is 5.54 Å². The highest BCUT2D eigenvalue weighted by atomic mass is 79.9. The number of amides is 1. The zero-order valence-electron chi connectivity index (χ0n) is 11.8. The van der Waals surface area contributed by atoms with E-state index in [1.807, 2.05) is 33.8 Å². The maximum absolute atomic E-state index is 12.1. The normalized spacial score (nSPS) is 11.5. The third-order valence-electron chi connectivity index (χ3n) is 2.26. The van der Waals surface area contributed by atoms with Crippen molar-refractivity contribution in [3.63, 3.8) is 0 Å². The molecule has 0 spiro atoms. The van der Waals surface area contributed by atoms with Crippen LogP contribution in [0.5, 0.6) is 5.75 Å². The van der Waals surface area contributed by atoms with E-state index in [1.165, 1.54) is 0 Å². The third kappa shape index (κ3) is 5.61. The summed E-state index contributed by atoms with van der Waals surface area (Å²) >= 11 is 3.37. The molecule has 5 heteroatoms. The Labute approximate surface area is 122 Å². The highest BCUT2D eigenvalue weighted by Crippen LogP contribution is 2.24. The zero-order valence-corrected chi connectivity index (χ0v) is 13.4. The lowest BCUT2D eigenvalue weighted by molar-refractivity contribution is 0.0940. The van der Waals surface area contributed by atoms with E-state index in [9.17, 15) is 4.79 Å². The molecule has 0 bridgehead atoms. The predicted molar refractivity (Wildman–Crippen MR) is 80.5 cm³/mol. The first kappa shape index (κ1) is 16.0. The molecule has 0 saturated carbocycles. The summed E-state index contributed by atoms with van der Waals surface area (Å²) in [5, 5.41) is 2.81. The number of hydrogen-bond donors (Lipinski definition) is 2. The van der Waals surface area contributed by atoms with Gasteiger partial charge < -0.3 is 15.8 Å². The number of carbonyl (C=O) groups is 1.